The monoisotopic (exact) mass is 293 g/mol. The average molecular weight is 293 g/mol. The second kappa shape index (κ2) is 6.22. The van der Waals surface area contributed by atoms with Crippen LogP contribution in [0.2, 0.25) is 0 Å². The molecular formula is C17H15N3O2. The Kier molecular flexibility index (Phi) is 3.96. The molecule has 110 valence electrons. The van der Waals surface area contributed by atoms with Crippen LogP contribution in [0.4, 0.5) is 11.4 Å². The van der Waals surface area contributed by atoms with Gasteiger partial charge in [0.05, 0.1) is 10.4 Å². The third kappa shape index (κ3) is 3.03. The SMILES string of the molecule is O=[N+]([O-])c1ccc2c(c1)NCC2.c1ccc2ncccc2c1. The van der Waals surface area contributed by atoms with E-state index in [2.05, 4.69) is 22.4 Å². The molecule has 0 atom stereocenters. The predicted molar refractivity (Wildman–Crippen MR) is 87.0 cm³/mol. The number of hydrogen-bond donors (Lipinski definition) is 1. The Morgan fingerprint density at radius 1 is 1.09 bits per heavy atom. The summed E-state index contributed by atoms with van der Waals surface area (Å²) in [5.74, 6) is 0. The van der Waals surface area contributed by atoms with E-state index in [1.807, 2.05) is 36.5 Å². The number of hydrogen-bond acceptors (Lipinski definition) is 4. The maximum Gasteiger partial charge on any atom is 0.271 e. The lowest BCUT2D eigenvalue weighted by Gasteiger charge is -1.97. The summed E-state index contributed by atoms with van der Waals surface area (Å²) in [5, 5.41) is 14.7. The standard InChI is InChI=1S/C9H7N.C8H8N2O2/c1-2-6-9-8(4-1)5-3-7-10-9;11-10(12)7-2-1-6-3-4-9-8(6)5-7/h1-7H;1-2,5,9H,3-4H2. The first-order valence-electron chi connectivity index (χ1n) is 7.05. The van der Waals surface area contributed by atoms with E-state index < -0.39 is 0 Å². The molecule has 5 nitrogen and oxygen atoms in total. The molecule has 2 heterocycles. The number of nitro benzene ring substituents is 1. The number of nitro groups is 1. The molecule has 1 N–H and O–H groups in total. The highest BCUT2D eigenvalue weighted by atomic mass is 16.6. The zero-order chi connectivity index (χ0) is 15.4. The fraction of sp³-hybridized carbons (Fsp3) is 0.118. The van der Waals surface area contributed by atoms with E-state index in [9.17, 15) is 10.1 Å². The molecule has 0 radical (unpaired) electrons. The number of non-ortho nitro benzene ring substituents is 1. The van der Waals surface area contributed by atoms with Crippen molar-refractivity contribution in [1.29, 1.82) is 0 Å². The van der Waals surface area contributed by atoms with E-state index >= 15 is 0 Å². The van der Waals surface area contributed by atoms with Crippen LogP contribution in [0.15, 0.2) is 60.8 Å². The van der Waals surface area contributed by atoms with Crippen LogP contribution in [0.5, 0.6) is 0 Å². The quantitative estimate of drug-likeness (QED) is 0.547. The normalized spacial score (nSPS) is 12.0. The van der Waals surface area contributed by atoms with Crippen molar-refractivity contribution in [3.8, 4) is 0 Å². The summed E-state index contributed by atoms with van der Waals surface area (Å²) in [6.07, 6.45) is 2.77. The zero-order valence-electron chi connectivity index (χ0n) is 11.9. The first-order chi connectivity index (χ1) is 10.7. The van der Waals surface area contributed by atoms with Crippen LogP contribution in [0, 0.1) is 10.1 Å². The Balaban J connectivity index is 0.000000133. The number of nitrogens with one attached hydrogen (secondary N) is 1. The molecule has 1 aromatic heterocycles. The molecule has 4 rings (SSSR count). The molecule has 0 bridgehead atoms. The Morgan fingerprint density at radius 3 is 2.73 bits per heavy atom. The average Bonchev–Trinajstić information content (AvgIpc) is 3.03. The van der Waals surface area contributed by atoms with Crippen LogP contribution in [-0.2, 0) is 6.42 Å². The molecule has 0 unspecified atom stereocenters. The number of benzene rings is 2. The van der Waals surface area contributed by atoms with Crippen LogP contribution in [0.1, 0.15) is 5.56 Å². The van der Waals surface area contributed by atoms with Gasteiger partial charge in [-0.05, 0) is 24.1 Å². The maximum atomic E-state index is 10.4. The molecule has 0 fully saturated rings. The molecule has 0 saturated carbocycles. The van der Waals surface area contributed by atoms with Crippen LogP contribution in [0.25, 0.3) is 10.9 Å². The van der Waals surface area contributed by atoms with Gasteiger partial charge in [0.2, 0.25) is 0 Å². The van der Waals surface area contributed by atoms with Crippen molar-refractivity contribution in [1.82, 2.24) is 4.98 Å². The summed E-state index contributed by atoms with van der Waals surface area (Å²) in [6, 6.07) is 17.0. The largest absolute Gasteiger partial charge is 0.384 e. The summed E-state index contributed by atoms with van der Waals surface area (Å²) in [5.41, 5.74) is 3.29. The van der Waals surface area contributed by atoms with Crippen LogP contribution >= 0.6 is 0 Å². The summed E-state index contributed by atoms with van der Waals surface area (Å²) in [6.45, 7) is 0.885. The van der Waals surface area contributed by atoms with Gasteiger partial charge in [0, 0.05) is 35.9 Å². The van der Waals surface area contributed by atoms with Gasteiger partial charge in [-0.15, -0.1) is 0 Å². The minimum absolute atomic E-state index is 0.156. The van der Waals surface area contributed by atoms with Crippen molar-refractivity contribution in [2.45, 2.75) is 6.42 Å². The Labute approximate surface area is 127 Å². The molecular weight excluding hydrogens is 278 g/mol. The van der Waals surface area contributed by atoms with E-state index in [4.69, 9.17) is 0 Å². The zero-order valence-corrected chi connectivity index (χ0v) is 11.9. The third-order valence-electron chi connectivity index (χ3n) is 3.53. The number of nitrogens with zero attached hydrogens (tertiary/aromatic N) is 2. The van der Waals surface area contributed by atoms with Crippen molar-refractivity contribution in [3.05, 3.63) is 76.5 Å². The highest BCUT2D eigenvalue weighted by Gasteiger charge is 2.13. The van der Waals surface area contributed by atoms with E-state index in [1.54, 1.807) is 12.1 Å². The molecule has 22 heavy (non-hydrogen) atoms. The first-order valence-corrected chi connectivity index (χ1v) is 7.05. The molecule has 0 amide bonds. The molecule has 1 aliphatic heterocycles. The van der Waals surface area contributed by atoms with E-state index in [1.165, 1.54) is 10.9 Å². The van der Waals surface area contributed by atoms with Gasteiger partial charge in [0.1, 0.15) is 0 Å². The van der Waals surface area contributed by atoms with E-state index in [0.717, 1.165) is 24.2 Å². The highest BCUT2D eigenvalue weighted by Crippen LogP contribution is 2.26. The maximum absolute atomic E-state index is 10.4. The number of fused-ring (bicyclic) bond motifs is 2. The lowest BCUT2D eigenvalue weighted by molar-refractivity contribution is -0.384. The van der Waals surface area contributed by atoms with Gasteiger partial charge in [-0.25, -0.2) is 0 Å². The second-order valence-electron chi connectivity index (χ2n) is 4.97. The Morgan fingerprint density at radius 2 is 1.91 bits per heavy atom. The lowest BCUT2D eigenvalue weighted by atomic mass is 10.1. The number of pyridine rings is 1. The summed E-state index contributed by atoms with van der Waals surface area (Å²) < 4.78 is 0. The van der Waals surface area contributed by atoms with Crippen LogP contribution in [0.3, 0.4) is 0 Å². The van der Waals surface area contributed by atoms with E-state index in [-0.39, 0.29) is 10.6 Å². The summed E-state index contributed by atoms with van der Waals surface area (Å²) in [4.78, 5) is 14.2. The van der Waals surface area contributed by atoms with Crippen molar-refractivity contribution in [2.24, 2.45) is 0 Å². The van der Waals surface area contributed by atoms with Gasteiger partial charge in [0.25, 0.3) is 5.69 Å². The highest BCUT2D eigenvalue weighted by molar-refractivity contribution is 5.77. The lowest BCUT2D eigenvalue weighted by Crippen LogP contribution is -1.92. The molecule has 0 aliphatic carbocycles. The first kappa shape index (κ1) is 14.0. The van der Waals surface area contributed by atoms with Crippen molar-refractivity contribution >= 4 is 22.3 Å². The Bertz CT molecular complexity index is 752. The second-order valence-corrected chi connectivity index (χ2v) is 4.97. The van der Waals surface area contributed by atoms with E-state index in [0.29, 0.717) is 0 Å². The van der Waals surface area contributed by atoms with Crippen molar-refractivity contribution < 1.29 is 4.92 Å². The number of para-hydroxylation sites is 1. The van der Waals surface area contributed by atoms with Gasteiger partial charge in [-0.3, -0.25) is 15.1 Å². The number of anilines is 1. The fourth-order valence-corrected chi connectivity index (χ4v) is 2.41. The topological polar surface area (TPSA) is 68.1 Å². The minimum Gasteiger partial charge on any atom is -0.384 e. The molecule has 2 aromatic carbocycles. The van der Waals surface area contributed by atoms with Crippen molar-refractivity contribution in [2.75, 3.05) is 11.9 Å². The van der Waals surface area contributed by atoms with Gasteiger partial charge in [0.15, 0.2) is 0 Å². The van der Waals surface area contributed by atoms with Crippen molar-refractivity contribution in [3.63, 3.8) is 0 Å². The van der Waals surface area contributed by atoms with Crippen LogP contribution < -0.4 is 5.32 Å². The Hall–Kier alpha value is -2.95. The summed E-state index contributed by atoms with van der Waals surface area (Å²) in [7, 11) is 0. The molecule has 0 spiro atoms. The predicted octanol–water partition coefficient (Wildman–Crippen LogP) is 3.80. The van der Waals surface area contributed by atoms with Gasteiger partial charge in [-0.1, -0.05) is 30.3 Å². The number of aromatic nitrogens is 1. The fourth-order valence-electron chi connectivity index (χ4n) is 2.41. The molecule has 0 saturated heterocycles. The van der Waals surface area contributed by atoms with Gasteiger partial charge < -0.3 is 5.32 Å². The van der Waals surface area contributed by atoms with Gasteiger partial charge in [-0.2, -0.15) is 0 Å². The van der Waals surface area contributed by atoms with Gasteiger partial charge >= 0.3 is 0 Å². The third-order valence-corrected chi connectivity index (χ3v) is 3.53. The summed E-state index contributed by atoms with van der Waals surface area (Å²) >= 11 is 0. The minimum atomic E-state index is -0.375. The molecule has 1 aliphatic rings. The molecule has 3 aromatic rings. The van der Waals surface area contributed by atoms with Crippen LogP contribution in [-0.4, -0.2) is 16.5 Å². The number of rotatable bonds is 1. The smallest absolute Gasteiger partial charge is 0.271 e. The molecule has 5 heteroatoms.